The van der Waals surface area contributed by atoms with Crippen molar-refractivity contribution in [1.82, 2.24) is 5.32 Å². The van der Waals surface area contributed by atoms with Crippen LogP contribution in [0.25, 0.3) is 0 Å². The van der Waals surface area contributed by atoms with E-state index in [1.807, 2.05) is 6.07 Å². The molecule has 2 aromatic carbocycles. The molecule has 1 heterocycles. The van der Waals surface area contributed by atoms with Gasteiger partial charge in [0, 0.05) is 18.0 Å². The highest BCUT2D eigenvalue weighted by atomic mass is 19.4. The van der Waals surface area contributed by atoms with E-state index in [0.29, 0.717) is 36.9 Å². The molecule has 2 atom stereocenters. The number of hydrogen-bond donors (Lipinski definition) is 2. The summed E-state index contributed by atoms with van der Waals surface area (Å²) in [6.07, 6.45) is -3.46. The number of nitrogens with two attached hydrogens (primary N) is 1. The minimum Gasteiger partial charge on any atom is -0.406 e. The van der Waals surface area contributed by atoms with Crippen LogP contribution in [-0.2, 0) is 17.6 Å². The number of amides is 2. The number of carbonyl (C=O) groups excluding carboxylic acids is 2. The molecule has 4 rings (SSSR count). The number of primary amides is 1. The summed E-state index contributed by atoms with van der Waals surface area (Å²) in [6, 6.07) is 11.0. The SMILES string of the molecule is NC(=O)c1cccc2c1CC1(CCNC1=O)C2Cc1cccc(OC(F)(F)F)c1. The summed E-state index contributed by atoms with van der Waals surface area (Å²) in [6.45, 7) is 0.520. The van der Waals surface area contributed by atoms with Crippen molar-refractivity contribution in [3.8, 4) is 5.75 Å². The van der Waals surface area contributed by atoms with E-state index in [0.717, 1.165) is 11.1 Å². The molecule has 152 valence electrons. The Kier molecular flexibility index (Phi) is 4.52. The molecule has 0 saturated carbocycles. The zero-order valence-electron chi connectivity index (χ0n) is 15.4. The third-order valence-electron chi connectivity index (χ3n) is 5.89. The van der Waals surface area contributed by atoms with E-state index in [-0.39, 0.29) is 17.6 Å². The number of nitrogens with one attached hydrogen (secondary N) is 1. The smallest absolute Gasteiger partial charge is 0.406 e. The number of alkyl halides is 3. The molecule has 1 spiro atoms. The third kappa shape index (κ3) is 3.43. The monoisotopic (exact) mass is 404 g/mol. The molecule has 29 heavy (non-hydrogen) atoms. The normalized spacial score (nSPS) is 23.1. The van der Waals surface area contributed by atoms with Crippen LogP contribution in [0.5, 0.6) is 5.75 Å². The minimum absolute atomic E-state index is 0.100. The van der Waals surface area contributed by atoms with E-state index in [1.54, 1.807) is 18.2 Å². The number of ether oxygens (including phenoxy) is 1. The van der Waals surface area contributed by atoms with Crippen LogP contribution in [0.4, 0.5) is 13.2 Å². The molecule has 0 radical (unpaired) electrons. The van der Waals surface area contributed by atoms with Gasteiger partial charge in [-0.3, -0.25) is 9.59 Å². The highest BCUT2D eigenvalue weighted by Crippen LogP contribution is 2.53. The first-order chi connectivity index (χ1) is 13.7. The molecule has 8 heteroatoms. The Labute approximate surface area is 165 Å². The molecule has 0 bridgehead atoms. The topological polar surface area (TPSA) is 81.4 Å². The number of hydrogen-bond acceptors (Lipinski definition) is 3. The van der Waals surface area contributed by atoms with Crippen molar-refractivity contribution in [1.29, 1.82) is 0 Å². The molecule has 2 unspecified atom stereocenters. The number of rotatable bonds is 4. The summed E-state index contributed by atoms with van der Waals surface area (Å²) in [5, 5.41) is 2.87. The van der Waals surface area contributed by atoms with Crippen LogP contribution in [0.2, 0.25) is 0 Å². The van der Waals surface area contributed by atoms with Gasteiger partial charge < -0.3 is 15.8 Å². The first kappa shape index (κ1) is 19.3. The van der Waals surface area contributed by atoms with Gasteiger partial charge in [0.05, 0.1) is 5.41 Å². The second kappa shape index (κ2) is 6.79. The van der Waals surface area contributed by atoms with E-state index in [1.165, 1.54) is 18.2 Å². The molecule has 2 aromatic rings. The lowest BCUT2D eigenvalue weighted by Gasteiger charge is -2.29. The van der Waals surface area contributed by atoms with Gasteiger partial charge in [-0.15, -0.1) is 13.2 Å². The number of benzene rings is 2. The maximum Gasteiger partial charge on any atom is 0.573 e. The molecule has 1 fully saturated rings. The lowest BCUT2D eigenvalue weighted by molar-refractivity contribution is -0.274. The molecule has 5 nitrogen and oxygen atoms in total. The van der Waals surface area contributed by atoms with Gasteiger partial charge in [-0.2, -0.15) is 0 Å². The van der Waals surface area contributed by atoms with Crippen molar-refractivity contribution in [2.24, 2.45) is 11.1 Å². The van der Waals surface area contributed by atoms with Gasteiger partial charge in [0.1, 0.15) is 5.75 Å². The Morgan fingerprint density at radius 1 is 1.24 bits per heavy atom. The molecular formula is C21H19F3N2O3. The van der Waals surface area contributed by atoms with Crippen molar-refractivity contribution in [3.05, 3.63) is 64.7 Å². The van der Waals surface area contributed by atoms with Crippen LogP contribution in [0.1, 0.15) is 39.4 Å². The number of carbonyl (C=O) groups is 2. The number of fused-ring (bicyclic) bond motifs is 1. The van der Waals surface area contributed by atoms with Crippen LogP contribution < -0.4 is 15.8 Å². The van der Waals surface area contributed by atoms with Crippen molar-refractivity contribution >= 4 is 11.8 Å². The highest BCUT2D eigenvalue weighted by Gasteiger charge is 2.54. The Hall–Kier alpha value is -3.03. The van der Waals surface area contributed by atoms with Crippen LogP contribution in [0.15, 0.2) is 42.5 Å². The van der Waals surface area contributed by atoms with E-state index < -0.39 is 17.7 Å². The first-order valence-corrected chi connectivity index (χ1v) is 9.24. The van der Waals surface area contributed by atoms with Gasteiger partial charge in [-0.25, -0.2) is 0 Å². The van der Waals surface area contributed by atoms with E-state index in [2.05, 4.69) is 10.1 Å². The van der Waals surface area contributed by atoms with Gasteiger partial charge in [-0.05, 0) is 54.2 Å². The van der Waals surface area contributed by atoms with Gasteiger partial charge in [0.2, 0.25) is 11.8 Å². The standard InChI is InChI=1S/C21H19F3N2O3/c22-21(23,24)29-13-4-1-3-12(9-13)10-17-14-5-2-6-15(18(25)27)16(14)11-20(17)7-8-26-19(20)28/h1-6,9,17H,7-8,10-11H2,(H2,25,27)(H,26,28). The summed E-state index contributed by atoms with van der Waals surface area (Å²) in [5.41, 5.74) is 7.39. The summed E-state index contributed by atoms with van der Waals surface area (Å²) in [5.74, 6) is -1.24. The van der Waals surface area contributed by atoms with Crippen LogP contribution in [0.3, 0.4) is 0 Å². The summed E-state index contributed by atoms with van der Waals surface area (Å²) >= 11 is 0. The average Bonchev–Trinajstić information content (AvgIpc) is 3.15. The lowest BCUT2D eigenvalue weighted by atomic mass is 9.72. The van der Waals surface area contributed by atoms with Crippen LogP contribution in [-0.4, -0.2) is 24.7 Å². The summed E-state index contributed by atoms with van der Waals surface area (Å²) in [7, 11) is 0. The van der Waals surface area contributed by atoms with Crippen molar-refractivity contribution in [2.75, 3.05) is 6.54 Å². The molecule has 3 N–H and O–H groups in total. The molecule has 2 amide bonds. The molecule has 0 aromatic heterocycles. The largest absolute Gasteiger partial charge is 0.573 e. The van der Waals surface area contributed by atoms with Crippen LogP contribution >= 0.6 is 0 Å². The van der Waals surface area contributed by atoms with E-state index >= 15 is 0 Å². The van der Waals surface area contributed by atoms with E-state index in [9.17, 15) is 22.8 Å². The first-order valence-electron chi connectivity index (χ1n) is 9.24. The molecular weight excluding hydrogens is 385 g/mol. The predicted octanol–water partition coefficient (Wildman–Crippen LogP) is 3.07. The minimum atomic E-state index is -4.78. The quantitative estimate of drug-likeness (QED) is 0.822. The predicted molar refractivity (Wildman–Crippen MR) is 98.3 cm³/mol. The van der Waals surface area contributed by atoms with Crippen molar-refractivity contribution in [2.45, 2.75) is 31.5 Å². The fourth-order valence-corrected chi connectivity index (χ4v) is 4.70. The van der Waals surface area contributed by atoms with Crippen LogP contribution in [0, 0.1) is 5.41 Å². The third-order valence-corrected chi connectivity index (χ3v) is 5.89. The maximum absolute atomic E-state index is 12.8. The van der Waals surface area contributed by atoms with E-state index in [4.69, 9.17) is 5.73 Å². The summed E-state index contributed by atoms with van der Waals surface area (Å²) < 4.78 is 41.7. The van der Waals surface area contributed by atoms with Gasteiger partial charge in [0.25, 0.3) is 0 Å². The number of halogens is 3. The second-order valence-corrected chi connectivity index (χ2v) is 7.53. The van der Waals surface area contributed by atoms with Gasteiger partial charge >= 0.3 is 6.36 Å². The Morgan fingerprint density at radius 2 is 2.00 bits per heavy atom. The summed E-state index contributed by atoms with van der Waals surface area (Å²) in [4.78, 5) is 24.7. The van der Waals surface area contributed by atoms with Gasteiger partial charge in [-0.1, -0.05) is 24.3 Å². The Morgan fingerprint density at radius 3 is 2.66 bits per heavy atom. The van der Waals surface area contributed by atoms with Crippen molar-refractivity contribution in [3.63, 3.8) is 0 Å². The fourth-order valence-electron chi connectivity index (χ4n) is 4.70. The highest BCUT2D eigenvalue weighted by molar-refractivity contribution is 5.96. The Bertz CT molecular complexity index is 989. The zero-order chi connectivity index (χ0) is 20.8. The fraction of sp³-hybridized carbons (Fsp3) is 0.333. The van der Waals surface area contributed by atoms with Crippen molar-refractivity contribution < 1.29 is 27.5 Å². The maximum atomic E-state index is 12.8. The molecule has 1 aliphatic carbocycles. The molecule has 1 saturated heterocycles. The molecule has 2 aliphatic rings. The Balaban J connectivity index is 1.74. The van der Waals surface area contributed by atoms with Gasteiger partial charge in [0.15, 0.2) is 0 Å². The lowest BCUT2D eigenvalue weighted by Crippen LogP contribution is -2.36. The zero-order valence-corrected chi connectivity index (χ0v) is 15.4. The molecule has 1 aliphatic heterocycles. The average molecular weight is 404 g/mol. The second-order valence-electron chi connectivity index (χ2n) is 7.53.